The van der Waals surface area contributed by atoms with Crippen molar-refractivity contribution in [1.82, 2.24) is 4.98 Å². The standard InChI is InChI=1S/C17H23N3O3/c1-12(2)6-8-17(3,21)11-19-15-4-5-16(20(22)23)14-10-18-9-7-13(14)15/h4-5,7,9-10,12,19,21H,6,8,11H2,1-3H3. The Balaban J connectivity index is 2.21. The number of nitro groups is 1. The van der Waals surface area contributed by atoms with Crippen LogP contribution in [-0.4, -0.2) is 27.2 Å². The predicted octanol–water partition coefficient (Wildman–Crippen LogP) is 3.74. The first-order valence-corrected chi connectivity index (χ1v) is 7.77. The molecule has 0 aliphatic rings. The first kappa shape index (κ1) is 17.1. The van der Waals surface area contributed by atoms with E-state index in [9.17, 15) is 15.2 Å². The molecular weight excluding hydrogens is 294 g/mol. The van der Waals surface area contributed by atoms with Crippen molar-refractivity contribution in [3.05, 3.63) is 40.7 Å². The molecule has 1 unspecified atom stereocenters. The van der Waals surface area contributed by atoms with Crippen molar-refractivity contribution in [2.75, 3.05) is 11.9 Å². The van der Waals surface area contributed by atoms with Gasteiger partial charge in [0.15, 0.2) is 0 Å². The lowest BCUT2D eigenvalue weighted by molar-refractivity contribution is -0.383. The van der Waals surface area contributed by atoms with Crippen LogP contribution >= 0.6 is 0 Å². The molecule has 0 radical (unpaired) electrons. The van der Waals surface area contributed by atoms with Gasteiger partial charge >= 0.3 is 0 Å². The predicted molar refractivity (Wildman–Crippen MR) is 91.6 cm³/mol. The topological polar surface area (TPSA) is 88.3 Å². The molecule has 23 heavy (non-hydrogen) atoms. The summed E-state index contributed by atoms with van der Waals surface area (Å²) in [6, 6.07) is 4.89. The van der Waals surface area contributed by atoms with Gasteiger partial charge in [0.25, 0.3) is 5.69 Å². The quantitative estimate of drug-likeness (QED) is 0.600. The van der Waals surface area contributed by atoms with Gasteiger partial charge in [-0.2, -0.15) is 0 Å². The highest BCUT2D eigenvalue weighted by Crippen LogP contribution is 2.31. The van der Waals surface area contributed by atoms with Crippen molar-refractivity contribution < 1.29 is 10.0 Å². The summed E-state index contributed by atoms with van der Waals surface area (Å²) in [4.78, 5) is 14.7. The van der Waals surface area contributed by atoms with Crippen LogP contribution in [0.4, 0.5) is 11.4 Å². The number of nitrogens with one attached hydrogen (secondary N) is 1. The van der Waals surface area contributed by atoms with Gasteiger partial charge in [-0.1, -0.05) is 13.8 Å². The monoisotopic (exact) mass is 317 g/mol. The number of hydrogen-bond acceptors (Lipinski definition) is 5. The fraction of sp³-hybridized carbons (Fsp3) is 0.471. The minimum absolute atomic E-state index is 0.0326. The highest BCUT2D eigenvalue weighted by molar-refractivity contribution is 5.99. The lowest BCUT2D eigenvalue weighted by Crippen LogP contribution is -2.33. The number of hydrogen-bond donors (Lipinski definition) is 2. The number of benzene rings is 1. The van der Waals surface area contributed by atoms with Gasteiger partial charge in [0.2, 0.25) is 0 Å². The van der Waals surface area contributed by atoms with E-state index in [4.69, 9.17) is 0 Å². The SMILES string of the molecule is CC(C)CCC(C)(O)CNc1ccc([N+](=O)[O-])c2cnccc12. The number of aromatic nitrogens is 1. The number of anilines is 1. The molecule has 1 aromatic heterocycles. The molecule has 0 saturated heterocycles. The third-order valence-electron chi connectivity index (χ3n) is 3.91. The van der Waals surface area contributed by atoms with E-state index in [1.807, 2.05) is 0 Å². The van der Waals surface area contributed by atoms with E-state index in [0.717, 1.165) is 17.5 Å². The maximum absolute atomic E-state index is 11.1. The van der Waals surface area contributed by atoms with Crippen LogP contribution in [0.5, 0.6) is 0 Å². The van der Waals surface area contributed by atoms with Crippen LogP contribution < -0.4 is 5.32 Å². The van der Waals surface area contributed by atoms with Gasteiger partial charge < -0.3 is 10.4 Å². The summed E-state index contributed by atoms with van der Waals surface area (Å²) >= 11 is 0. The lowest BCUT2D eigenvalue weighted by atomic mass is 9.95. The molecular formula is C17H23N3O3. The Morgan fingerprint density at radius 3 is 2.74 bits per heavy atom. The molecule has 2 aromatic rings. The minimum atomic E-state index is -0.828. The van der Waals surface area contributed by atoms with E-state index in [1.54, 1.807) is 25.3 Å². The van der Waals surface area contributed by atoms with E-state index < -0.39 is 10.5 Å². The zero-order valence-electron chi connectivity index (χ0n) is 13.7. The van der Waals surface area contributed by atoms with Crippen LogP contribution in [0.2, 0.25) is 0 Å². The van der Waals surface area contributed by atoms with Crippen LogP contribution in [0.25, 0.3) is 10.8 Å². The molecule has 0 bridgehead atoms. The first-order valence-electron chi connectivity index (χ1n) is 7.77. The van der Waals surface area contributed by atoms with E-state index in [0.29, 0.717) is 24.3 Å². The van der Waals surface area contributed by atoms with E-state index in [2.05, 4.69) is 24.1 Å². The third-order valence-corrected chi connectivity index (χ3v) is 3.91. The summed E-state index contributed by atoms with van der Waals surface area (Å²) in [5.74, 6) is 0.535. The van der Waals surface area contributed by atoms with Gasteiger partial charge in [0, 0.05) is 36.1 Å². The van der Waals surface area contributed by atoms with Crippen molar-refractivity contribution in [1.29, 1.82) is 0 Å². The van der Waals surface area contributed by atoms with Crippen molar-refractivity contribution >= 4 is 22.1 Å². The molecule has 1 aromatic carbocycles. The number of nitrogens with zero attached hydrogens (tertiary/aromatic N) is 2. The van der Waals surface area contributed by atoms with Gasteiger partial charge in [0.1, 0.15) is 0 Å². The minimum Gasteiger partial charge on any atom is -0.388 e. The van der Waals surface area contributed by atoms with Crippen molar-refractivity contribution in [2.24, 2.45) is 5.92 Å². The molecule has 0 fully saturated rings. The molecule has 0 aliphatic carbocycles. The van der Waals surface area contributed by atoms with E-state index in [-0.39, 0.29) is 5.69 Å². The Morgan fingerprint density at radius 2 is 2.09 bits per heavy atom. The van der Waals surface area contributed by atoms with Crippen molar-refractivity contribution in [3.8, 4) is 0 Å². The van der Waals surface area contributed by atoms with E-state index in [1.165, 1.54) is 12.3 Å². The molecule has 2 rings (SSSR count). The summed E-state index contributed by atoms with van der Waals surface area (Å²) in [6.07, 6.45) is 4.74. The highest BCUT2D eigenvalue weighted by atomic mass is 16.6. The molecule has 6 heteroatoms. The first-order chi connectivity index (χ1) is 10.8. The maximum Gasteiger partial charge on any atom is 0.278 e. The number of nitro benzene ring substituents is 1. The number of pyridine rings is 1. The largest absolute Gasteiger partial charge is 0.388 e. The molecule has 124 valence electrons. The Hall–Kier alpha value is -2.21. The molecule has 2 N–H and O–H groups in total. The summed E-state index contributed by atoms with van der Waals surface area (Å²) in [7, 11) is 0. The fourth-order valence-electron chi connectivity index (χ4n) is 2.46. The van der Waals surface area contributed by atoms with Crippen LogP contribution in [0.1, 0.15) is 33.6 Å². The second-order valence-electron chi connectivity index (χ2n) is 6.59. The molecule has 0 amide bonds. The fourth-order valence-corrected chi connectivity index (χ4v) is 2.46. The zero-order valence-corrected chi connectivity index (χ0v) is 13.7. The number of rotatable bonds is 7. The number of non-ortho nitro benzene ring substituents is 1. The van der Waals surface area contributed by atoms with Crippen LogP contribution in [0.3, 0.4) is 0 Å². The normalized spacial score (nSPS) is 14.0. The van der Waals surface area contributed by atoms with Gasteiger partial charge in [-0.15, -0.1) is 0 Å². The second kappa shape index (κ2) is 6.91. The highest BCUT2D eigenvalue weighted by Gasteiger charge is 2.21. The molecule has 1 atom stereocenters. The van der Waals surface area contributed by atoms with Crippen LogP contribution in [0.15, 0.2) is 30.6 Å². The third kappa shape index (κ3) is 4.39. The molecule has 6 nitrogen and oxygen atoms in total. The van der Waals surface area contributed by atoms with Gasteiger partial charge in [-0.3, -0.25) is 15.1 Å². The van der Waals surface area contributed by atoms with Gasteiger partial charge in [0.05, 0.1) is 15.9 Å². The summed E-state index contributed by atoms with van der Waals surface area (Å²) in [5, 5.41) is 26.0. The number of fused-ring (bicyclic) bond motifs is 1. The van der Waals surface area contributed by atoms with Gasteiger partial charge in [-0.25, -0.2) is 0 Å². The average Bonchev–Trinajstić information content (AvgIpc) is 2.50. The summed E-state index contributed by atoms with van der Waals surface area (Å²) < 4.78 is 0. The smallest absolute Gasteiger partial charge is 0.278 e. The zero-order chi connectivity index (χ0) is 17.0. The molecule has 0 spiro atoms. The Bertz CT molecular complexity index is 699. The lowest BCUT2D eigenvalue weighted by Gasteiger charge is -2.25. The van der Waals surface area contributed by atoms with Crippen LogP contribution in [-0.2, 0) is 0 Å². The Kier molecular flexibility index (Phi) is 5.15. The van der Waals surface area contributed by atoms with Crippen molar-refractivity contribution in [2.45, 2.75) is 39.2 Å². The summed E-state index contributed by atoms with van der Waals surface area (Å²) in [5.41, 5.74) is -0.0335. The maximum atomic E-state index is 11.1. The number of aliphatic hydroxyl groups is 1. The van der Waals surface area contributed by atoms with Gasteiger partial charge in [-0.05, 0) is 37.8 Å². The second-order valence-corrected chi connectivity index (χ2v) is 6.59. The molecule has 0 aliphatic heterocycles. The average molecular weight is 317 g/mol. The Morgan fingerprint density at radius 1 is 1.35 bits per heavy atom. The van der Waals surface area contributed by atoms with E-state index >= 15 is 0 Å². The molecule has 1 heterocycles. The Labute approximate surface area is 135 Å². The van der Waals surface area contributed by atoms with Crippen LogP contribution in [0, 0.1) is 16.0 Å². The molecule has 0 saturated carbocycles. The summed E-state index contributed by atoms with van der Waals surface area (Å²) in [6.45, 7) is 6.44. The van der Waals surface area contributed by atoms with Crippen molar-refractivity contribution in [3.63, 3.8) is 0 Å².